The van der Waals surface area contributed by atoms with Crippen molar-refractivity contribution in [3.05, 3.63) is 0 Å². The van der Waals surface area contributed by atoms with E-state index in [0.29, 0.717) is 25.7 Å². The van der Waals surface area contributed by atoms with Crippen molar-refractivity contribution in [1.82, 2.24) is 26.6 Å². The molecule has 1 aliphatic carbocycles. The first kappa shape index (κ1) is 30.7. The first-order valence-electron chi connectivity index (χ1n) is 12.9. The molecule has 14 heteroatoms. The van der Waals surface area contributed by atoms with E-state index in [9.17, 15) is 25.2 Å². The van der Waals surface area contributed by atoms with Gasteiger partial charge in [0.2, 0.25) is 0 Å². The third-order valence-corrected chi connectivity index (χ3v) is 7.75. The van der Waals surface area contributed by atoms with Gasteiger partial charge in [0.25, 0.3) is 0 Å². The Labute approximate surface area is 217 Å². The highest BCUT2D eigenvalue weighted by atomic mass is 16.7. The quantitative estimate of drug-likeness (QED) is 0.114. The van der Waals surface area contributed by atoms with Crippen molar-refractivity contribution in [2.45, 2.75) is 98.4 Å². The van der Waals surface area contributed by atoms with Gasteiger partial charge in [-0.2, -0.15) is 0 Å². The highest BCUT2D eigenvalue weighted by Crippen LogP contribution is 2.32. The molecular weight excluding hydrogens is 490 g/mol. The maximum absolute atomic E-state index is 11.5. The molecule has 0 aromatic heterocycles. The van der Waals surface area contributed by atoms with Gasteiger partial charge in [-0.25, -0.2) is 0 Å². The maximum Gasteiger partial charge on any atom is 0.186 e. The Morgan fingerprint density at radius 1 is 0.757 bits per heavy atom. The fourth-order valence-corrected chi connectivity index (χ4v) is 5.53. The first-order valence-corrected chi connectivity index (χ1v) is 12.9. The molecule has 14 nitrogen and oxygen atoms in total. The molecule has 14 atom stereocenters. The Morgan fingerprint density at radius 3 is 1.86 bits per heavy atom. The summed E-state index contributed by atoms with van der Waals surface area (Å²) < 4.78 is 24.1. The number of carbonyl (C=O) groups excluding carboxylic acids is 1. The van der Waals surface area contributed by atoms with Crippen molar-refractivity contribution in [2.75, 3.05) is 41.8 Å². The van der Waals surface area contributed by atoms with Crippen LogP contribution in [-0.4, -0.2) is 154 Å². The molecular formula is C23H45N5O9. The van der Waals surface area contributed by atoms with E-state index in [4.69, 9.17) is 18.9 Å². The monoisotopic (exact) mass is 535 g/mol. The molecule has 3 fully saturated rings. The molecule has 0 radical (unpaired) electrons. The number of nitrogens with one attached hydrogen (secondary N) is 5. The second-order valence-corrected chi connectivity index (χ2v) is 9.92. The molecule has 37 heavy (non-hydrogen) atoms. The average Bonchev–Trinajstić information content (AvgIpc) is 2.89. The van der Waals surface area contributed by atoms with Gasteiger partial charge >= 0.3 is 0 Å². The molecule has 0 aromatic rings. The second kappa shape index (κ2) is 14.0. The molecule has 0 bridgehead atoms. The number of likely N-dealkylation sites (N-methyl/N-ethyl adjacent to an activating group) is 5. The van der Waals surface area contributed by atoms with Crippen LogP contribution in [0.2, 0.25) is 0 Å². The average molecular weight is 536 g/mol. The predicted molar refractivity (Wildman–Crippen MR) is 132 cm³/mol. The number of aliphatic hydroxyl groups is 4. The zero-order valence-corrected chi connectivity index (χ0v) is 22.1. The fraction of sp³-hybridized carbons (Fsp3) is 0.957. The van der Waals surface area contributed by atoms with Gasteiger partial charge in [-0.05, 0) is 48.1 Å². The van der Waals surface area contributed by atoms with E-state index < -0.39 is 67.5 Å². The number of aldehydes is 1. The van der Waals surface area contributed by atoms with Crippen LogP contribution < -0.4 is 26.6 Å². The smallest absolute Gasteiger partial charge is 0.186 e. The summed E-state index contributed by atoms with van der Waals surface area (Å²) in [6.07, 6.45) is -8.49. The normalized spacial score (nSPS) is 47.1. The summed E-state index contributed by atoms with van der Waals surface area (Å²) in [6, 6.07) is -1.83. The topological polar surface area (TPSA) is 195 Å². The van der Waals surface area contributed by atoms with Crippen molar-refractivity contribution in [2.24, 2.45) is 0 Å². The molecule has 9 N–H and O–H groups in total. The van der Waals surface area contributed by atoms with Crippen molar-refractivity contribution in [3.63, 3.8) is 0 Å². The molecule has 14 unspecified atom stereocenters. The number of aliphatic hydroxyl groups excluding tert-OH is 4. The second-order valence-electron chi connectivity index (χ2n) is 9.92. The van der Waals surface area contributed by atoms with Gasteiger partial charge in [0.05, 0.1) is 24.3 Å². The summed E-state index contributed by atoms with van der Waals surface area (Å²) in [4.78, 5) is 11.5. The van der Waals surface area contributed by atoms with Crippen LogP contribution in [0.1, 0.15) is 12.8 Å². The lowest BCUT2D eigenvalue weighted by Crippen LogP contribution is -2.68. The van der Waals surface area contributed by atoms with Crippen LogP contribution in [0.4, 0.5) is 0 Å². The molecule has 0 aromatic carbocycles. The van der Waals surface area contributed by atoms with Gasteiger partial charge in [-0.3, -0.25) is 0 Å². The van der Waals surface area contributed by atoms with Crippen LogP contribution >= 0.6 is 0 Å². The number of ether oxygens (including phenoxy) is 4. The Hall–Kier alpha value is -0.850. The van der Waals surface area contributed by atoms with Crippen molar-refractivity contribution >= 4 is 6.29 Å². The molecule has 2 saturated heterocycles. The molecule has 0 spiro atoms. The zero-order valence-electron chi connectivity index (χ0n) is 22.1. The molecule has 1 saturated carbocycles. The SMILES string of the molecule is CNCC1OC(OC2C(NC)CC(NC)C(OC3OC(C=O)C(O)C(NC)C3O)C2O)C(NC)CC1O. The molecule has 3 rings (SSSR count). The minimum atomic E-state index is -1.30. The van der Waals surface area contributed by atoms with E-state index in [1.165, 1.54) is 0 Å². The minimum Gasteiger partial charge on any atom is -0.390 e. The van der Waals surface area contributed by atoms with E-state index in [0.717, 1.165) is 0 Å². The van der Waals surface area contributed by atoms with Gasteiger partial charge < -0.3 is 70.8 Å². The van der Waals surface area contributed by atoms with E-state index in [1.807, 2.05) is 0 Å². The summed E-state index contributed by atoms with van der Waals surface area (Å²) >= 11 is 0. The van der Waals surface area contributed by atoms with Gasteiger partial charge in [0.15, 0.2) is 18.9 Å². The van der Waals surface area contributed by atoms with E-state index in [2.05, 4.69) is 26.6 Å². The van der Waals surface area contributed by atoms with Crippen LogP contribution in [0.15, 0.2) is 0 Å². The fourth-order valence-electron chi connectivity index (χ4n) is 5.53. The molecule has 0 amide bonds. The summed E-state index contributed by atoms with van der Waals surface area (Å²) in [7, 11) is 8.58. The lowest BCUT2D eigenvalue weighted by atomic mass is 9.83. The van der Waals surface area contributed by atoms with Gasteiger partial charge in [-0.1, -0.05) is 0 Å². The van der Waals surface area contributed by atoms with Crippen molar-refractivity contribution in [1.29, 1.82) is 0 Å². The lowest BCUT2D eigenvalue weighted by Gasteiger charge is -2.49. The Balaban J connectivity index is 1.80. The van der Waals surface area contributed by atoms with E-state index in [1.54, 1.807) is 35.2 Å². The lowest BCUT2D eigenvalue weighted by molar-refractivity contribution is -0.311. The number of carbonyl (C=O) groups is 1. The van der Waals surface area contributed by atoms with Gasteiger partial charge in [-0.15, -0.1) is 0 Å². The number of rotatable bonds is 11. The molecule has 216 valence electrons. The molecule has 2 aliphatic heterocycles. The largest absolute Gasteiger partial charge is 0.390 e. The minimum absolute atomic E-state index is 0.283. The van der Waals surface area contributed by atoms with Crippen LogP contribution in [0.5, 0.6) is 0 Å². The van der Waals surface area contributed by atoms with E-state index >= 15 is 0 Å². The molecule has 3 aliphatic rings. The highest BCUT2D eigenvalue weighted by Gasteiger charge is 2.51. The Kier molecular flexibility index (Phi) is 11.6. The van der Waals surface area contributed by atoms with Gasteiger partial charge in [0, 0.05) is 18.6 Å². The Bertz CT molecular complexity index is 712. The summed E-state index contributed by atoms with van der Waals surface area (Å²) in [5, 5.41) is 58.4. The number of hydrogen-bond acceptors (Lipinski definition) is 14. The molecule has 2 heterocycles. The van der Waals surface area contributed by atoms with Crippen LogP contribution in [-0.2, 0) is 23.7 Å². The van der Waals surface area contributed by atoms with E-state index in [-0.39, 0.29) is 18.1 Å². The summed E-state index contributed by atoms with van der Waals surface area (Å²) in [6.45, 7) is 0.432. The summed E-state index contributed by atoms with van der Waals surface area (Å²) in [5.41, 5.74) is 0. The third kappa shape index (κ3) is 6.66. The Morgan fingerprint density at radius 2 is 1.35 bits per heavy atom. The standard InChI is InChI=1S/C23H45N5O9/c1-24-8-14-13(30)7-12(27-4)22(34-14)36-20-10(25-2)6-11(26-3)21(19(20)33)37-23-18(32)16(28-5)17(31)15(9-29)35-23/h9-28,30-33H,6-8H2,1-5H3. The van der Waals surface area contributed by atoms with Crippen LogP contribution in [0.3, 0.4) is 0 Å². The number of hydrogen-bond donors (Lipinski definition) is 9. The summed E-state index contributed by atoms with van der Waals surface area (Å²) in [5.74, 6) is 0. The van der Waals surface area contributed by atoms with Crippen LogP contribution in [0, 0.1) is 0 Å². The predicted octanol–water partition coefficient (Wildman–Crippen LogP) is -4.79. The van der Waals surface area contributed by atoms with Crippen molar-refractivity contribution < 1.29 is 44.2 Å². The highest BCUT2D eigenvalue weighted by molar-refractivity contribution is 5.57. The zero-order chi connectivity index (χ0) is 27.3. The third-order valence-electron chi connectivity index (χ3n) is 7.75. The van der Waals surface area contributed by atoms with Gasteiger partial charge in [0.1, 0.15) is 36.6 Å². The maximum atomic E-state index is 11.5. The van der Waals surface area contributed by atoms with Crippen LogP contribution in [0.25, 0.3) is 0 Å². The van der Waals surface area contributed by atoms with Crippen molar-refractivity contribution in [3.8, 4) is 0 Å². The first-order chi connectivity index (χ1) is 17.7.